The number of benzene rings is 1. The average Bonchev–Trinajstić information content (AvgIpc) is 2.65. The normalized spacial score (nSPS) is 15.3. The first-order valence-electron chi connectivity index (χ1n) is 4.97. The van der Waals surface area contributed by atoms with Gasteiger partial charge in [0.05, 0.1) is 0 Å². The van der Waals surface area contributed by atoms with Gasteiger partial charge in [0.1, 0.15) is 6.80 Å². The fourth-order valence-electron chi connectivity index (χ4n) is 1.63. The van der Waals surface area contributed by atoms with Crippen LogP contribution in [-0.4, -0.2) is 19.6 Å². The Morgan fingerprint density at radius 1 is 1.40 bits per heavy atom. The first kappa shape index (κ1) is 10.2. The van der Waals surface area contributed by atoms with Crippen molar-refractivity contribution < 1.29 is 13.9 Å². The Balaban J connectivity index is 2.03. The predicted molar refractivity (Wildman–Crippen MR) is 54.8 cm³/mol. The molecule has 1 heterocycles. The molecule has 0 bridgehead atoms. The van der Waals surface area contributed by atoms with E-state index in [-0.39, 0.29) is 12.8 Å². The molecule has 1 atom stereocenters. The average molecular weight is 211 g/mol. The molecule has 1 aromatic rings. The van der Waals surface area contributed by atoms with Crippen LogP contribution in [0.15, 0.2) is 18.2 Å². The summed E-state index contributed by atoms with van der Waals surface area (Å²) in [5.41, 5.74) is 1.12. The van der Waals surface area contributed by atoms with Crippen molar-refractivity contribution in [2.24, 2.45) is 0 Å². The second kappa shape index (κ2) is 4.49. The molecule has 15 heavy (non-hydrogen) atoms. The highest BCUT2D eigenvalue weighted by Gasteiger charge is 2.13. The zero-order valence-electron chi connectivity index (χ0n) is 8.63. The van der Waals surface area contributed by atoms with Gasteiger partial charge in [-0.05, 0) is 31.0 Å². The van der Waals surface area contributed by atoms with Crippen LogP contribution in [0, 0.1) is 0 Å². The van der Waals surface area contributed by atoms with Crippen LogP contribution >= 0.6 is 0 Å². The van der Waals surface area contributed by atoms with E-state index in [1.807, 2.05) is 25.1 Å². The van der Waals surface area contributed by atoms with Gasteiger partial charge in [0.2, 0.25) is 6.79 Å². The van der Waals surface area contributed by atoms with Crippen molar-refractivity contribution in [2.45, 2.75) is 19.4 Å². The number of fused-ring (bicyclic) bond motifs is 1. The van der Waals surface area contributed by atoms with Gasteiger partial charge in [-0.2, -0.15) is 0 Å². The number of halogens is 1. The second-order valence-electron chi connectivity index (χ2n) is 3.63. The number of hydrogen-bond acceptors (Lipinski definition) is 3. The molecule has 0 fully saturated rings. The Hall–Kier alpha value is -1.29. The lowest BCUT2D eigenvalue weighted by molar-refractivity contribution is 0.174. The van der Waals surface area contributed by atoms with Crippen LogP contribution < -0.4 is 14.8 Å². The quantitative estimate of drug-likeness (QED) is 0.771. The van der Waals surface area contributed by atoms with Crippen molar-refractivity contribution >= 4 is 0 Å². The molecule has 1 N–H and O–H groups in total. The van der Waals surface area contributed by atoms with Crippen molar-refractivity contribution in [3.05, 3.63) is 23.8 Å². The van der Waals surface area contributed by atoms with Crippen LogP contribution in [0.3, 0.4) is 0 Å². The molecular weight excluding hydrogens is 197 g/mol. The molecule has 1 aliphatic rings. The minimum atomic E-state index is -0.494. The van der Waals surface area contributed by atoms with E-state index in [0.717, 1.165) is 23.5 Å². The fourth-order valence-corrected chi connectivity index (χ4v) is 1.63. The molecule has 2 rings (SSSR count). The summed E-state index contributed by atoms with van der Waals surface area (Å²) in [6.45, 7) is 1.74. The first-order valence-corrected chi connectivity index (χ1v) is 4.97. The van der Waals surface area contributed by atoms with Crippen molar-refractivity contribution in [1.29, 1.82) is 0 Å². The van der Waals surface area contributed by atoms with E-state index in [4.69, 9.17) is 9.47 Å². The van der Waals surface area contributed by atoms with E-state index in [1.54, 1.807) is 0 Å². The molecule has 0 amide bonds. The molecule has 1 aliphatic heterocycles. The Kier molecular flexibility index (Phi) is 3.06. The van der Waals surface area contributed by atoms with Gasteiger partial charge in [0.15, 0.2) is 11.5 Å². The molecule has 3 nitrogen and oxygen atoms in total. The molecule has 1 aromatic carbocycles. The number of hydrogen-bond donors (Lipinski definition) is 1. The zero-order valence-corrected chi connectivity index (χ0v) is 8.63. The molecule has 0 radical (unpaired) electrons. The van der Waals surface area contributed by atoms with Gasteiger partial charge < -0.3 is 9.47 Å². The summed E-state index contributed by atoms with van der Waals surface area (Å²) in [5.74, 6) is 1.56. The molecule has 0 spiro atoms. The maximum Gasteiger partial charge on any atom is 0.231 e. The van der Waals surface area contributed by atoms with Crippen molar-refractivity contribution in [3.63, 3.8) is 0 Å². The molecular formula is C11H14FNO2. The van der Waals surface area contributed by atoms with Crippen LogP contribution in [0.5, 0.6) is 11.5 Å². The molecule has 0 aliphatic carbocycles. The van der Waals surface area contributed by atoms with Gasteiger partial charge in [0.25, 0.3) is 0 Å². The van der Waals surface area contributed by atoms with E-state index in [0.29, 0.717) is 0 Å². The molecule has 0 saturated carbocycles. The third kappa shape index (κ3) is 2.39. The Bertz CT molecular complexity index is 343. The molecule has 82 valence electrons. The van der Waals surface area contributed by atoms with Gasteiger partial charge in [-0.1, -0.05) is 6.07 Å². The van der Waals surface area contributed by atoms with Crippen LogP contribution in [0.4, 0.5) is 4.39 Å². The standard InChI is InChI=1S/C11H14FNO2/c1-8(13-6-12)4-9-2-3-10-11(5-9)15-7-14-10/h2-3,5,8,13H,4,6-7H2,1H3. The SMILES string of the molecule is CC(Cc1ccc2c(c1)OCO2)NCF. The van der Waals surface area contributed by atoms with E-state index in [9.17, 15) is 4.39 Å². The summed E-state index contributed by atoms with van der Waals surface area (Å²) in [4.78, 5) is 0. The van der Waals surface area contributed by atoms with Gasteiger partial charge in [-0.3, -0.25) is 5.32 Å². The summed E-state index contributed by atoms with van der Waals surface area (Å²) >= 11 is 0. The summed E-state index contributed by atoms with van der Waals surface area (Å²) in [7, 11) is 0. The largest absolute Gasteiger partial charge is 0.454 e. The summed E-state index contributed by atoms with van der Waals surface area (Å²) < 4.78 is 22.5. The molecule has 1 unspecified atom stereocenters. The van der Waals surface area contributed by atoms with E-state index >= 15 is 0 Å². The number of alkyl halides is 1. The Morgan fingerprint density at radius 2 is 2.20 bits per heavy atom. The van der Waals surface area contributed by atoms with Crippen molar-refractivity contribution in [3.8, 4) is 11.5 Å². The maximum atomic E-state index is 12.0. The van der Waals surface area contributed by atoms with Crippen LogP contribution in [0.25, 0.3) is 0 Å². The number of nitrogens with one attached hydrogen (secondary N) is 1. The lowest BCUT2D eigenvalue weighted by Gasteiger charge is -2.11. The predicted octanol–water partition coefficient (Wildman–Crippen LogP) is 1.86. The van der Waals surface area contributed by atoms with Gasteiger partial charge >= 0.3 is 0 Å². The van der Waals surface area contributed by atoms with Crippen LogP contribution in [0.1, 0.15) is 12.5 Å². The summed E-state index contributed by atoms with van der Waals surface area (Å²) in [6, 6.07) is 5.93. The molecule has 0 saturated heterocycles. The smallest absolute Gasteiger partial charge is 0.231 e. The lowest BCUT2D eigenvalue weighted by Crippen LogP contribution is -2.26. The second-order valence-corrected chi connectivity index (χ2v) is 3.63. The zero-order chi connectivity index (χ0) is 10.7. The summed E-state index contributed by atoms with van der Waals surface area (Å²) in [5, 5.41) is 2.72. The highest BCUT2D eigenvalue weighted by molar-refractivity contribution is 5.44. The minimum Gasteiger partial charge on any atom is -0.454 e. The fraction of sp³-hybridized carbons (Fsp3) is 0.455. The topological polar surface area (TPSA) is 30.5 Å². The number of rotatable bonds is 4. The van der Waals surface area contributed by atoms with Crippen LogP contribution in [0.2, 0.25) is 0 Å². The molecule has 0 aromatic heterocycles. The maximum absolute atomic E-state index is 12.0. The third-order valence-corrected chi connectivity index (χ3v) is 2.40. The van der Waals surface area contributed by atoms with Gasteiger partial charge in [0, 0.05) is 6.04 Å². The first-order chi connectivity index (χ1) is 7.29. The van der Waals surface area contributed by atoms with Gasteiger partial charge in [-0.25, -0.2) is 4.39 Å². The monoisotopic (exact) mass is 211 g/mol. The van der Waals surface area contributed by atoms with Crippen LogP contribution in [-0.2, 0) is 6.42 Å². The van der Waals surface area contributed by atoms with E-state index < -0.39 is 6.80 Å². The van der Waals surface area contributed by atoms with Crippen molar-refractivity contribution in [1.82, 2.24) is 5.32 Å². The van der Waals surface area contributed by atoms with E-state index in [1.165, 1.54) is 0 Å². The van der Waals surface area contributed by atoms with Gasteiger partial charge in [-0.15, -0.1) is 0 Å². The minimum absolute atomic E-state index is 0.121. The highest BCUT2D eigenvalue weighted by Crippen LogP contribution is 2.32. The molecule has 4 heteroatoms. The number of ether oxygens (including phenoxy) is 2. The van der Waals surface area contributed by atoms with E-state index in [2.05, 4.69) is 5.32 Å². The Morgan fingerprint density at radius 3 is 3.00 bits per heavy atom. The summed E-state index contributed by atoms with van der Waals surface area (Å²) in [6.07, 6.45) is 0.778. The third-order valence-electron chi connectivity index (χ3n) is 2.40. The van der Waals surface area contributed by atoms with Crippen molar-refractivity contribution in [2.75, 3.05) is 13.6 Å². The lowest BCUT2D eigenvalue weighted by atomic mass is 10.1. The highest BCUT2D eigenvalue weighted by atomic mass is 19.1. The Labute approximate surface area is 88.2 Å².